The Bertz CT molecular complexity index is 1200. The van der Waals surface area contributed by atoms with E-state index in [1.54, 1.807) is 30.5 Å². The molecule has 10 N–H and O–H groups in total. The number of carbonyl (C=O) groups is 6. The molecule has 206 valence electrons. The zero-order valence-corrected chi connectivity index (χ0v) is 20.0. The predicted octanol–water partition coefficient (Wildman–Crippen LogP) is -2.09. The van der Waals surface area contributed by atoms with E-state index in [1.165, 1.54) is 0 Å². The Balaban J connectivity index is 2.29. The van der Waals surface area contributed by atoms with Gasteiger partial charge in [-0.15, -0.1) is 0 Å². The zero-order valence-electron chi connectivity index (χ0n) is 20.0. The highest BCUT2D eigenvalue weighted by atomic mass is 16.4. The fraction of sp³-hybridized carbons (Fsp3) is 0.391. The van der Waals surface area contributed by atoms with Crippen molar-refractivity contribution in [3.63, 3.8) is 0 Å². The van der Waals surface area contributed by atoms with Gasteiger partial charge in [0.25, 0.3) is 0 Å². The van der Waals surface area contributed by atoms with Crippen molar-refractivity contribution in [1.82, 2.24) is 20.9 Å². The summed E-state index contributed by atoms with van der Waals surface area (Å²) in [6, 6.07) is 0.920. The molecule has 15 nitrogen and oxygen atoms in total. The van der Waals surface area contributed by atoms with Gasteiger partial charge in [0.05, 0.1) is 19.1 Å². The number of H-pyrrole nitrogens is 1. The minimum Gasteiger partial charge on any atom is -0.481 e. The number of aliphatic hydroxyl groups excluding tert-OH is 1. The quantitative estimate of drug-likeness (QED) is 0.119. The number of aromatic nitrogens is 1. The Morgan fingerprint density at radius 2 is 1.45 bits per heavy atom. The maximum Gasteiger partial charge on any atom is 0.328 e. The van der Waals surface area contributed by atoms with E-state index in [2.05, 4.69) is 15.6 Å². The van der Waals surface area contributed by atoms with Crippen molar-refractivity contribution in [3.05, 3.63) is 36.0 Å². The molecule has 0 radical (unpaired) electrons. The molecular weight excluding hydrogens is 506 g/mol. The number of hydrogen-bond donors (Lipinski definition) is 9. The van der Waals surface area contributed by atoms with Gasteiger partial charge in [-0.05, 0) is 18.1 Å². The van der Waals surface area contributed by atoms with E-state index in [0.717, 1.165) is 10.9 Å². The van der Waals surface area contributed by atoms with Gasteiger partial charge >= 0.3 is 17.9 Å². The number of nitrogens with two attached hydrogens (primary N) is 1. The third-order valence-electron chi connectivity index (χ3n) is 5.55. The number of aliphatic carboxylic acids is 3. The minimum atomic E-state index is -1.75. The van der Waals surface area contributed by atoms with Crippen LogP contribution in [-0.4, -0.2) is 91.8 Å². The number of para-hydroxylation sites is 1. The van der Waals surface area contributed by atoms with E-state index in [-0.39, 0.29) is 12.8 Å². The van der Waals surface area contributed by atoms with Crippen LogP contribution in [0.25, 0.3) is 10.9 Å². The second kappa shape index (κ2) is 13.7. The maximum absolute atomic E-state index is 13.2. The molecular formula is C23H29N5O10. The van der Waals surface area contributed by atoms with E-state index in [4.69, 9.17) is 21.1 Å². The molecule has 0 fully saturated rings. The van der Waals surface area contributed by atoms with Crippen molar-refractivity contribution in [3.8, 4) is 0 Å². The van der Waals surface area contributed by atoms with Gasteiger partial charge in [-0.3, -0.25) is 24.0 Å². The molecule has 0 saturated heterocycles. The highest BCUT2D eigenvalue weighted by Gasteiger charge is 2.32. The first-order valence-electron chi connectivity index (χ1n) is 11.4. The van der Waals surface area contributed by atoms with Gasteiger partial charge in [-0.1, -0.05) is 18.2 Å². The van der Waals surface area contributed by atoms with Gasteiger partial charge < -0.3 is 47.1 Å². The zero-order chi connectivity index (χ0) is 28.4. The summed E-state index contributed by atoms with van der Waals surface area (Å²) in [4.78, 5) is 74.7. The summed E-state index contributed by atoms with van der Waals surface area (Å²) in [6.07, 6.45) is -0.0689. The van der Waals surface area contributed by atoms with Gasteiger partial charge in [0.1, 0.15) is 18.1 Å². The lowest BCUT2D eigenvalue weighted by atomic mass is 10.0. The number of hydrogen-bond acceptors (Lipinski definition) is 8. The molecule has 0 aliphatic rings. The predicted molar refractivity (Wildman–Crippen MR) is 130 cm³/mol. The monoisotopic (exact) mass is 535 g/mol. The molecule has 0 aliphatic carbocycles. The summed E-state index contributed by atoms with van der Waals surface area (Å²) in [5.74, 6) is -7.26. The highest BCUT2D eigenvalue weighted by Crippen LogP contribution is 2.19. The average molecular weight is 536 g/mol. The van der Waals surface area contributed by atoms with Crippen molar-refractivity contribution < 1.29 is 49.2 Å². The number of nitrogens with one attached hydrogen (secondary N) is 4. The lowest BCUT2D eigenvalue weighted by molar-refractivity contribution is -0.144. The molecule has 0 spiro atoms. The van der Waals surface area contributed by atoms with Crippen LogP contribution >= 0.6 is 0 Å². The Labute approximate surface area is 215 Å². The van der Waals surface area contributed by atoms with Crippen LogP contribution in [0.2, 0.25) is 0 Å². The van der Waals surface area contributed by atoms with Gasteiger partial charge in [0, 0.05) is 29.9 Å². The second-order valence-electron chi connectivity index (χ2n) is 8.40. The first-order valence-corrected chi connectivity index (χ1v) is 11.4. The standard InChI is InChI=1S/C23H29N5O10/c24-13(5-6-18(30)31)20(34)26-15(7-11-9-25-14-4-2-1-3-12(11)14)21(35)27-16(8-19(32)33)22(36)28-17(10-29)23(37)38/h1-4,9,13,15-17,25,29H,5-8,10,24H2,(H,26,34)(H,27,35)(H,28,36)(H,30,31)(H,32,33)(H,37,38). The number of aromatic amines is 1. The third-order valence-corrected chi connectivity index (χ3v) is 5.55. The summed E-state index contributed by atoms with van der Waals surface area (Å²) in [7, 11) is 0. The molecule has 0 saturated carbocycles. The normalized spacial score (nSPS) is 14.1. The number of fused-ring (bicyclic) bond motifs is 1. The van der Waals surface area contributed by atoms with E-state index in [1.807, 2.05) is 5.32 Å². The molecule has 0 aliphatic heterocycles. The molecule has 1 heterocycles. The molecule has 4 atom stereocenters. The van der Waals surface area contributed by atoms with Crippen molar-refractivity contribution >= 4 is 46.5 Å². The Morgan fingerprint density at radius 3 is 2.05 bits per heavy atom. The topological polar surface area (TPSA) is 261 Å². The van der Waals surface area contributed by atoms with Gasteiger partial charge in [-0.2, -0.15) is 0 Å². The summed E-state index contributed by atoms with van der Waals surface area (Å²) >= 11 is 0. The third kappa shape index (κ3) is 8.56. The van der Waals surface area contributed by atoms with Crippen LogP contribution in [-0.2, 0) is 35.2 Å². The number of rotatable bonds is 15. The first kappa shape index (κ1) is 29.7. The summed E-state index contributed by atoms with van der Waals surface area (Å²) in [6.45, 7) is -0.984. The number of carbonyl (C=O) groups excluding carboxylic acids is 3. The number of carboxylic acids is 3. The summed E-state index contributed by atoms with van der Waals surface area (Å²) in [5, 5.41) is 43.5. The fourth-order valence-corrected chi connectivity index (χ4v) is 3.53. The fourth-order valence-electron chi connectivity index (χ4n) is 3.53. The van der Waals surface area contributed by atoms with Crippen molar-refractivity contribution in [2.24, 2.45) is 5.73 Å². The van der Waals surface area contributed by atoms with Gasteiger partial charge in [0.2, 0.25) is 17.7 Å². The van der Waals surface area contributed by atoms with E-state index in [9.17, 15) is 33.9 Å². The first-order chi connectivity index (χ1) is 17.9. The van der Waals surface area contributed by atoms with Crippen LogP contribution in [0.5, 0.6) is 0 Å². The van der Waals surface area contributed by atoms with Crippen LogP contribution in [0.4, 0.5) is 0 Å². The number of benzene rings is 1. The lowest BCUT2D eigenvalue weighted by Crippen LogP contribution is -2.58. The molecule has 2 rings (SSSR count). The number of aliphatic hydroxyl groups is 1. The largest absolute Gasteiger partial charge is 0.481 e. The SMILES string of the molecule is NC(CCC(=O)O)C(=O)NC(Cc1c[nH]c2ccccc12)C(=O)NC(CC(=O)O)C(=O)NC(CO)C(=O)O. The summed E-state index contributed by atoms with van der Waals surface area (Å²) < 4.78 is 0. The molecule has 38 heavy (non-hydrogen) atoms. The van der Waals surface area contributed by atoms with Crippen LogP contribution in [0.1, 0.15) is 24.8 Å². The number of carboxylic acid groups (broad SMARTS) is 3. The van der Waals surface area contributed by atoms with Crippen LogP contribution in [0.3, 0.4) is 0 Å². The van der Waals surface area contributed by atoms with E-state index < -0.39 is 79.2 Å². The molecule has 0 bridgehead atoms. The molecule has 2 aromatic rings. The van der Waals surface area contributed by atoms with Crippen LogP contribution in [0, 0.1) is 0 Å². The van der Waals surface area contributed by atoms with E-state index in [0.29, 0.717) is 5.56 Å². The Hall–Kier alpha value is -4.50. The van der Waals surface area contributed by atoms with Crippen LogP contribution in [0.15, 0.2) is 30.5 Å². The molecule has 4 unspecified atom stereocenters. The Morgan fingerprint density at radius 1 is 0.842 bits per heavy atom. The highest BCUT2D eigenvalue weighted by molar-refractivity contribution is 5.96. The molecule has 1 aromatic carbocycles. The smallest absolute Gasteiger partial charge is 0.328 e. The lowest BCUT2D eigenvalue weighted by Gasteiger charge is -2.24. The van der Waals surface area contributed by atoms with Gasteiger partial charge in [-0.25, -0.2) is 4.79 Å². The Kier molecular flexibility index (Phi) is 10.7. The van der Waals surface area contributed by atoms with Gasteiger partial charge in [0.15, 0.2) is 0 Å². The maximum atomic E-state index is 13.2. The molecule has 3 amide bonds. The minimum absolute atomic E-state index is 0.122. The van der Waals surface area contributed by atoms with Crippen LogP contribution < -0.4 is 21.7 Å². The van der Waals surface area contributed by atoms with Crippen molar-refractivity contribution in [1.29, 1.82) is 0 Å². The molecule has 15 heteroatoms. The van der Waals surface area contributed by atoms with Crippen molar-refractivity contribution in [2.45, 2.75) is 49.9 Å². The summed E-state index contributed by atoms with van der Waals surface area (Å²) in [5.41, 5.74) is 7.08. The number of amides is 3. The van der Waals surface area contributed by atoms with Crippen molar-refractivity contribution in [2.75, 3.05) is 6.61 Å². The van der Waals surface area contributed by atoms with E-state index >= 15 is 0 Å². The molecule has 1 aromatic heterocycles. The average Bonchev–Trinajstić information content (AvgIpc) is 3.26. The second-order valence-corrected chi connectivity index (χ2v) is 8.40.